The van der Waals surface area contributed by atoms with Crippen LogP contribution >= 0.6 is 11.3 Å². The summed E-state index contributed by atoms with van der Waals surface area (Å²) >= 11 is 1.40. The van der Waals surface area contributed by atoms with Crippen molar-refractivity contribution in [3.63, 3.8) is 0 Å². The molecule has 0 aliphatic heterocycles. The lowest BCUT2D eigenvalue weighted by Crippen LogP contribution is -2.06. The lowest BCUT2D eigenvalue weighted by atomic mass is 10.2. The van der Waals surface area contributed by atoms with Crippen molar-refractivity contribution in [1.82, 2.24) is 0 Å². The molecule has 0 unspecified atom stereocenters. The summed E-state index contributed by atoms with van der Waals surface area (Å²) in [6, 6.07) is 1.76. The number of carbonyl (C=O) groups excluding carboxylic acids is 2. The van der Waals surface area contributed by atoms with Gasteiger partial charge >= 0.3 is 5.97 Å². The molecular formula is C10H13NO3S. The monoisotopic (exact) mass is 227 g/mol. The Morgan fingerprint density at radius 1 is 1.60 bits per heavy atom. The van der Waals surface area contributed by atoms with Crippen LogP contribution in [0.1, 0.15) is 29.1 Å². The van der Waals surface area contributed by atoms with Gasteiger partial charge in [-0.05, 0) is 19.4 Å². The molecule has 0 bridgehead atoms. The number of thiophene rings is 1. The summed E-state index contributed by atoms with van der Waals surface area (Å²) in [6.07, 6.45) is 1.39. The number of ether oxygens (including phenoxy) is 1. The van der Waals surface area contributed by atoms with Crippen molar-refractivity contribution >= 4 is 28.7 Å². The molecule has 4 nitrogen and oxygen atoms in total. The van der Waals surface area contributed by atoms with Gasteiger partial charge < -0.3 is 10.1 Å². The fourth-order valence-electron chi connectivity index (χ4n) is 1.14. The second-order valence-electron chi connectivity index (χ2n) is 2.79. The summed E-state index contributed by atoms with van der Waals surface area (Å²) in [7, 11) is 0. The van der Waals surface area contributed by atoms with Crippen molar-refractivity contribution in [3.05, 3.63) is 16.5 Å². The third-order valence-corrected chi connectivity index (χ3v) is 3.03. The summed E-state index contributed by atoms with van der Waals surface area (Å²) in [5.74, 6) is -0.391. The van der Waals surface area contributed by atoms with E-state index in [1.54, 1.807) is 13.0 Å². The first-order valence-electron chi connectivity index (χ1n) is 4.72. The molecule has 1 amide bonds. The number of amides is 1. The number of aryl methyl sites for hydroxylation is 1. The molecule has 5 heteroatoms. The Bertz CT molecular complexity index is 360. The third kappa shape index (κ3) is 2.79. The molecule has 0 saturated heterocycles. The van der Waals surface area contributed by atoms with Crippen LogP contribution in [0.2, 0.25) is 0 Å². The van der Waals surface area contributed by atoms with Gasteiger partial charge in [0, 0.05) is 4.88 Å². The molecule has 1 rings (SSSR count). The Hall–Kier alpha value is -1.36. The number of rotatable bonds is 5. The Morgan fingerprint density at radius 2 is 2.33 bits per heavy atom. The summed E-state index contributed by atoms with van der Waals surface area (Å²) < 4.78 is 4.88. The van der Waals surface area contributed by atoms with Gasteiger partial charge in [-0.2, -0.15) is 0 Å². The summed E-state index contributed by atoms with van der Waals surface area (Å²) in [6.45, 7) is 4.07. The van der Waals surface area contributed by atoms with Gasteiger partial charge in [0.1, 0.15) is 5.00 Å². The summed E-state index contributed by atoms with van der Waals surface area (Å²) in [4.78, 5) is 22.9. The number of carbonyl (C=O) groups is 2. The van der Waals surface area contributed by atoms with Crippen molar-refractivity contribution in [3.8, 4) is 0 Å². The molecule has 0 radical (unpaired) electrons. The molecule has 0 spiro atoms. The molecule has 0 aliphatic carbocycles. The highest BCUT2D eigenvalue weighted by Crippen LogP contribution is 2.28. The predicted molar refractivity (Wildman–Crippen MR) is 59.3 cm³/mol. The fraction of sp³-hybridized carbons (Fsp3) is 0.400. The van der Waals surface area contributed by atoms with Gasteiger partial charge in [0.2, 0.25) is 6.41 Å². The Labute approximate surface area is 92.2 Å². The van der Waals surface area contributed by atoms with E-state index in [-0.39, 0.29) is 0 Å². The van der Waals surface area contributed by atoms with Crippen molar-refractivity contribution in [2.45, 2.75) is 20.3 Å². The van der Waals surface area contributed by atoms with Gasteiger partial charge in [-0.25, -0.2) is 4.79 Å². The molecule has 15 heavy (non-hydrogen) atoms. The average molecular weight is 227 g/mol. The van der Waals surface area contributed by atoms with E-state index < -0.39 is 5.97 Å². The normalized spacial score (nSPS) is 9.73. The zero-order valence-corrected chi connectivity index (χ0v) is 9.52. The highest BCUT2D eigenvalue weighted by molar-refractivity contribution is 7.16. The molecule has 0 fully saturated rings. The highest BCUT2D eigenvalue weighted by Gasteiger charge is 2.16. The van der Waals surface area contributed by atoms with E-state index in [0.717, 1.165) is 11.3 Å². The topological polar surface area (TPSA) is 55.4 Å². The van der Waals surface area contributed by atoms with Crippen molar-refractivity contribution in [2.75, 3.05) is 11.9 Å². The Kier molecular flexibility index (Phi) is 4.30. The predicted octanol–water partition coefficient (Wildman–Crippen LogP) is 2.06. The number of hydrogen-bond acceptors (Lipinski definition) is 4. The van der Waals surface area contributed by atoms with E-state index in [2.05, 4.69) is 5.32 Å². The van der Waals surface area contributed by atoms with Crippen LogP contribution < -0.4 is 5.32 Å². The van der Waals surface area contributed by atoms with Gasteiger partial charge in [0.25, 0.3) is 0 Å². The molecule has 82 valence electrons. The van der Waals surface area contributed by atoms with E-state index >= 15 is 0 Å². The SMILES string of the molecule is CCOC(=O)c1cc(CC)sc1NC=O. The smallest absolute Gasteiger partial charge is 0.341 e. The van der Waals surface area contributed by atoms with E-state index in [1.165, 1.54) is 11.3 Å². The van der Waals surface area contributed by atoms with Crippen LogP contribution in [0.15, 0.2) is 6.07 Å². The standard InChI is InChI=1S/C10H13NO3S/c1-3-7-5-8(10(13)14-4-2)9(15-7)11-6-12/h5-6H,3-4H2,1-2H3,(H,11,12). The van der Waals surface area contributed by atoms with Crippen molar-refractivity contribution in [2.24, 2.45) is 0 Å². The first-order chi connectivity index (χ1) is 7.22. The summed E-state index contributed by atoms with van der Waals surface area (Å²) in [5.41, 5.74) is 0.436. The van der Waals surface area contributed by atoms with Crippen LogP contribution in [0.3, 0.4) is 0 Å². The van der Waals surface area contributed by atoms with E-state index in [0.29, 0.717) is 23.6 Å². The maximum Gasteiger partial charge on any atom is 0.341 e. The number of esters is 1. The molecule has 0 saturated carbocycles. The average Bonchev–Trinajstić information content (AvgIpc) is 2.62. The Morgan fingerprint density at radius 3 is 2.87 bits per heavy atom. The minimum absolute atomic E-state index is 0.330. The lowest BCUT2D eigenvalue weighted by molar-refractivity contribution is -0.105. The lowest BCUT2D eigenvalue weighted by Gasteiger charge is -2.01. The van der Waals surface area contributed by atoms with Gasteiger partial charge in [-0.15, -0.1) is 11.3 Å². The van der Waals surface area contributed by atoms with Gasteiger partial charge in [0.05, 0.1) is 12.2 Å². The first kappa shape index (κ1) is 11.7. The largest absolute Gasteiger partial charge is 0.462 e. The second-order valence-corrected chi connectivity index (χ2v) is 3.93. The maximum absolute atomic E-state index is 11.5. The van der Waals surface area contributed by atoms with Crippen LogP contribution in [0, 0.1) is 0 Å². The number of hydrogen-bond donors (Lipinski definition) is 1. The molecule has 1 aromatic heterocycles. The van der Waals surface area contributed by atoms with Crippen LogP contribution in [0.4, 0.5) is 5.00 Å². The van der Waals surface area contributed by atoms with Gasteiger partial charge in [0.15, 0.2) is 0 Å². The van der Waals surface area contributed by atoms with E-state index in [4.69, 9.17) is 4.74 Å². The van der Waals surface area contributed by atoms with E-state index in [1.807, 2.05) is 6.92 Å². The minimum Gasteiger partial charge on any atom is -0.462 e. The third-order valence-electron chi connectivity index (χ3n) is 1.82. The molecule has 1 aromatic rings. The fourth-order valence-corrected chi connectivity index (χ4v) is 2.08. The van der Waals surface area contributed by atoms with Crippen LogP contribution in [-0.4, -0.2) is 19.0 Å². The zero-order valence-electron chi connectivity index (χ0n) is 8.70. The molecular weight excluding hydrogens is 214 g/mol. The van der Waals surface area contributed by atoms with Crippen molar-refractivity contribution < 1.29 is 14.3 Å². The molecule has 1 heterocycles. The molecule has 0 aliphatic rings. The first-order valence-corrected chi connectivity index (χ1v) is 5.54. The Balaban J connectivity index is 2.97. The molecule has 0 atom stereocenters. The number of anilines is 1. The molecule has 0 aromatic carbocycles. The van der Waals surface area contributed by atoms with E-state index in [9.17, 15) is 9.59 Å². The van der Waals surface area contributed by atoms with Gasteiger partial charge in [-0.1, -0.05) is 6.92 Å². The second kappa shape index (κ2) is 5.50. The zero-order chi connectivity index (χ0) is 11.3. The quantitative estimate of drug-likeness (QED) is 0.618. The van der Waals surface area contributed by atoms with Crippen molar-refractivity contribution in [1.29, 1.82) is 0 Å². The maximum atomic E-state index is 11.5. The minimum atomic E-state index is -0.391. The van der Waals surface area contributed by atoms with Crippen LogP contribution in [0.5, 0.6) is 0 Å². The molecule has 1 N–H and O–H groups in total. The number of nitrogens with one attached hydrogen (secondary N) is 1. The highest BCUT2D eigenvalue weighted by atomic mass is 32.1. The van der Waals surface area contributed by atoms with Crippen LogP contribution in [0.25, 0.3) is 0 Å². The van der Waals surface area contributed by atoms with Gasteiger partial charge in [-0.3, -0.25) is 4.79 Å². The van der Waals surface area contributed by atoms with Crippen LogP contribution in [-0.2, 0) is 16.0 Å². The summed E-state index contributed by atoms with van der Waals surface area (Å²) in [5, 5.41) is 3.06.